The van der Waals surface area contributed by atoms with Crippen LogP contribution in [0.2, 0.25) is 0 Å². The second kappa shape index (κ2) is 6.63. The average Bonchev–Trinajstić information content (AvgIpc) is 2.90. The van der Waals surface area contributed by atoms with Gasteiger partial charge in [-0.1, -0.05) is 6.07 Å². The minimum absolute atomic E-state index is 0.0631. The second-order valence-corrected chi connectivity index (χ2v) is 8.37. The molecule has 2 aliphatic rings. The zero-order valence-corrected chi connectivity index (χ0v) is 16.2. The van der Waals surface area contributed by atoms with Crippen molar-refractivity contribution in [1.82, 2.24) is 9.88 Å². The fraction of sp³-hybridized carbons (Fsp3) is 0.455. The Morgan fingerprint density at radius 3 is 2.81 bits per heavy atom. The molecular formula is C22H26FN3O. The molecule has 142 valence electrons. The summed E-state index contributed by atoms with van der Waals surface area (Å²) in [5.74, 6) is 0.255. The quantitative estimate of drug-likeness (QED) is 0.803. The molecule has 0 saturated carbocycles. The van der Waals surface area contributed by atoms with E-state index in [4.69, 9.17) is 0 Å². The molecule has 4 rings (SSSR count). The van der Waals surface area contributed by atoms with Gasteiger partial charge in [-0.3, -0.25) is 9.78 Å². The molecule has 0 radical (unpaired) electrons. The van der Waals surface area contributed by atoms with Crippen LogP contribution in [0.15, 0.2) is 42.6 Å². The van der Waals surface area contributed by atoms with Gasteiger partial charge in [0.1, 0.15) is 5.82 Å². The van der Waals surface area contributed by atoms with Gasteiger partial charge in [-0.05, 0) is 69.9 Å². The van der Waals surface area contributed by atoms with Crippen molar-refractivity contribution in [3.05, 3.63) is 59.7 Å². The molecule has 0 spiro atoms. The predicted molar refractivity (Wildman–Crippen MR) is 104 cm³/mol. The zero-order chi connectivity index (χ0) is 19.2. The molecule has 2 aromatic rings. The van der Waals surface area contributed by atoms with Crippen LogP contribution in [-0.4, -0.2) is 40.5 Å². The number of hydrogen-bond acceptors (Lipinski definition) is 3. The molecule has 0 bridgehead atoms. The third kappa shape index (κ3) is 3.20. The third-order valence-electron chi connectivity index (χ3n) is 6.05. The lowest BCUT2D eigenvalue weighted by atomic mass is 9.89. The maximum absolute atomic E-state index is 13.8. The highest BCUT2D eigenvalue weighted by Crippen LogP contribution is 2.44. The molecule has 1 amide bonds. The van der Waals surface area contributed by atoms with Crippen molar-refractivity contribution in [3.8, 4) is 0 Å². The van der Waals surface area contributed by atoms with Gasteiger partial charge < -0.3 is 9.80 Å². The van der Waals surface area contributed by atoms with E-state index in [2.05, 4.69) is 23.7 Å². The summed E-state index contributed by atoms with van der Waals surface area (Å²) in [5.41, 5.74) is 2.34. The number of benzene rings is 1. The summed E-state index contributed by atoms with van der Waals surface area (Å²) in [5, 5.41) is 0. The van der Waals surface area contributed by atoms with E-state index in [9.17, 15) is 9.18 Å². The summed E-state index contributed by atoms with van der Waals surface area (Å²) in [6, 6.07) is 10.9. The molecule has 2 aliphatic heterocycles. The Balaban J connectivity index is 1.57. The summed E-state index contributed by atoms with van der Waals surface area (Å²) in [7, 11) is 0. The number of aromatic nitrogens is 1. The normalized spacial score (nSPS) is 24.0. The molecule has 5 heteroatoms. The first-order valence-corrected chi connectivity index (χ1v) is 9.62. The van der Waals surface area contributed by atoms with Crippen molar-refractivity contribution >= 4 is 11.6 Å². The molecule has 1 aromatic heterocycles. The van der Waals surface area contributed by atoms with Crippen LogP contribution in [0, 0.1) is 18.7 Å². The summed E-state index contributed by atoms with van der Waals surface area (Å²) < 4.78 is 13.8. The van der Waals surface area contributed by atoms with Crippen molar-refractivity contribution in [2.75, 3.05) is 18.0 Å². The Bertz CT molecular complexity index is 866. The molecule has 0 aliphatic carbocycles. The Labute approximate surface area is 160 Å². The van der Waals surface area contributed by atoms with E-state index in [-0.39, 0.29) is 17.3 Å². The maximum atomic E-state index is 13.8. The number of pyridine rings is 1. The van der Waals surface area contributed by atoms with Gasteiger partial charge in [-0.15, -0.1) is 0 Å². The van der Waals surface area contributed by atoms with Crippen LogP contribution >= 0.6 is 0 Å². The molecule has 2 fully saturated rings. The lowest BCUT2D eigenvalue weighted by Gasteiger charge is -2.42. The molecule has 0 unspecified atom stereocenters. The Morgan fingerprint density at radius 1 is 1.26 bits per heavy atom. The highest BCUT2D eigenvalue weighted by molar-refractivity contribution is 5.95. The number of carbonyl (C=O) groups is 1. The minimum atomic E-state index is -0.202. The lowest BCUT2D eigenvalue weighted by molar-refractivity contribution is 0.0666. The summed E-state index contributed by atoms with van der Waals surface area (Å²) >= 11 is 0. The Hall–Kier alpha value is -2.43. The molecule has 1 aromatic carbocycles. The van der Waals surface area contributed by atoms with Gasteiger partial charge >= 0.3 is 0 Å². The fourth-order valence-corrected chi connectivity index (χ4v) is 4.98. The number of halogens is 1. The third-order valence-corrected chi connectivity index (χ3v) is 6.05. The van der Waals surface area contributed by atoms with E-state index >= 15 is 0 Å². The maximum Gasteiger partial charge on any atom is 0.255 e. The SMILES string of the molecule is Cc1ncccc1C(=O)N1CC[C@H]2[C@@H](C1)CC(C)(C)N2c1cccc(F)c1. The number of hydrogen-bond donors (Lipinski definition) is 0. The van der Waals surface area contributed by atoms with Crippen molar-refractivity contribution in [2.45, 2.75) is 45.2 Å². The number of likely N-dealkylation sites (tertiary alicyclic amines) is 1. The van der Waals surface area contributed by atoms with Crippen LogP contribution in [0.25, 0.3) is 0 Å². The molecule has 0 N–H and O–H groups in total. The van der Waals surface area contributed by atoms with Gasteiger partial charge in [-0.25, -0.2) is 4.39 Å². The van der Waals surface area contributed by atoms with E-state index in [0.29, 0.717) is 17.5 Å². The van der Waals surface area contributed by atoms with E-state index in [1.165, 1.54) is 6.07 Å². The van der Waals surface area contributed by atoms with Gasteiger partial charge in [0, 0.05) is 42.2 Å². The van der Waals surface area contributed by atoms with Gasteiger partial charge in [0.25, 0.3) is 5.91 Å². The van der Waals surface area contributed by atoms with Crippen LogP contribution in [-0.2, 0) is 0 Å². The number of nitrogens with zero attached hydrogens (tertiary/aromatic N) is 3. The number of carbonyl (C=O) groups excluding carboxylic acids is 1. The number of rotatable bonds is 2. The number of fused-ring (bicyclic) bond motifs is 1. The fourth-order valence-electron chi connectivity index (χ4n) is 4.98. The van der Waals surface area contributed by atoms with E-state index in [1.54, 1.807) is 18.3 Å². The van der Waals surface area contributed by atoms with Gasteiger partial charge in [-0.2, -0.15) is 0 Å². The van der Waals surface area contributed by atoms with Crippen molar-refractivity contribution in [2.24, 2.45) is 5.92 Å². The topological polar surface area (TPSA) is 36.4 Å². The number of piperidine rings is 1. The van der Waals surface area contributed by atoms with E-state index < -0.39 is 0 Å². The highest BCUT2D eigenvalue weighted by Gasteiger charge is 2.48. The van der Waals surface area contributed by atoms with Gasteiger partial charge in [0.2, 0.25) is 0 Å². The van der Waals surface area contributed by atoms with E-state index in [0.717, 1.165) is 37.3 Å². The van der Waals surface area contributed by atoms with Crippen molar-refractivity contribution in [1.29, 1.82) is 0 Å². The standard InChI is InChI=1S/C22H26FN3O/c1-15-19(8-5-10-24-15)21(27)25-11-9-20-16(14-25)13-22(2,3)26(20)18-7-4-6-17(23)12-18/h4-8,10,12,16,20H,9,11,13-14H2,1-3H3/t16-,20+/m1/s1. The summed E-state index contributed by atoms with van der Waals surface area (Å²) in [4.78, 5) is 21.6. The number of anilines is 1. The monoisotopic (exact) mass is 367 g/mol. The lowest BCUT2D eigenvalue weighted by Crippen LogP contribution is -2.50. The van der Waals surface area contributed by atoms with Crippen LogP contribution in [0.1, 0.15) is 42.7 Å². The summed E-state index contributed by atoms with van der Waals surface area (Å²) in [6.07, 6.45) is 3.61. The molecular weight excluding hydrogens is 341 g/mol. The van der Waals surface area contributed by atoms with Crippen LogP contribution < -0.4 is 4.90 Å². The summed E-state index contributed by atoms with van der Waals surface area (Å²) in [6.45, 7) is 7.77. The number of aryl methyl sites for hydroxylation is 1. The largest absolute Gasteiger partial charge is 0.363 e. The molecule has 2 atom stereocenters. The van der Waals surface area contributed by atoms with E-state index in [1.807, 2.05) is 30.0 Å². The molecule has 2 saturated heterocycles. The molecule has 3 heterocycles. The first-order chi connectivity index (χ1) is 12.9. The highest BCUT2D eigenvalue weighted by atomic mass is 19.1. The zero-order valence-electron chi connectivity index (χ0n) is 16.2. The predicted octanol–water partition coefficient (Wildman–Crippen LogP) is 4.05. The first-order valence-electron chi connectivity index (χ1n) is 9.62. The Kier molecular flexibility index (Phi) is 4.41. The first kappa shape index (κ1) is 18.0. The van der Waals surface area contributed by atoms with Crippen LogP contribution in [0.3, 0.4) is 0 Å². The second-order valence-electron chi connectivity index (χ2n) is 8.37. The smallest absolute Gasteiger partial charge is 0.255 e. The van der Waals surface area contributed by atoms with Crippen LogP contribution in [0.4, 0.5) is 10.1 Å². The number of amides is 1. The van der Waals surface area contributed by atoms with Crippen LogP contribution in [0.5, 0.6) is 0 Å². The molecule has 27 heavy (non-hydrogen) atoms. The average molecular weight is 367 g/mol. The minimum Gasteiger partial charge on any atom is -0.363 e. The van der Waals surface area contributed by atoms with Gasteiger partial charge in [0.15, 0.2) is 0 Å². The Morgan fingerprint density at radius 2 is 2.07 bits per heavy atom. The molecule has 4 nitrogen and oxygen atoms in total. The van der Waals surface area contributed by atoms with Crippen molar-refractivity contribution in [3.63, 3.8) is 0 Å². The van der Waals surface area contributed by atoms with Crippen molar-refractivity contribution < 1.29 is 9.18 Å². The van der Waals surface area contributed by atoms with Gasteiger partial charge in [0.05, 0.1) is 5.56 Å².